The second-order valence-corrected chi connectivity index (χ2v) is 8.13. The van der Waals surface area contributed by atoms with Gasteiger partial charge < -0.3 is 11.1 Å². The lowest BCUT2D eigenvalue weighted by molar-refractivity contribution is -0.132. The highest BCUT2D eigenvalue weighted by Crippen LogP contribution is 2.51. The lowest BCUT2D eigenvalue weighted by atomic mass is 9.62. The number of nitrogens with two attached hydrogens (primary N) is 1. The Morgan fingerprint density at radius 3 is 2.39 bits per heavy atom. The highest BCUT2D eigenvalue weighted by atomic mass is 16.2. The highest BCUT2D eigenvalue weighted by Gasteiger charge is 2.57. The highest BCUT2D eigenvalue weighted by molar-refractivity contribution is 6.16. The lowest BCUT2D eigenvalue weighted by Crippen LogP contribution is -2.68. The monoisotopic (exact) mass is 377 g/mol. The molecule has 4 rings (SSSR count). The van der Waals surface area contributed by atoms with Crippen molar-refractivity contribution in [3.05, 3.63) is 65.2 Å². The van der Waals surface area contributed by atoms with Gasteiger partial charge in [0, 0.05) is 6.42 Å². The molecule has 2 aromatic carbocycles. The van der Waals surface area contributed by atoms with Gasteiger partial charge in [0.15, 0.2) is 5.78 Å². The van der Waals surface area contributed by atoms with Crippen molar-refractivity contribution >= 4 is 23.4 Å². The Labute approximate surface area is 163 Å². The van der Waals surface area contributed by atoms with E-state index in [1.54, 1.807) is 18.7 Å². The number of carbonyl (C=O) groups excluding carboxylic acids is 3. The van der Waals surface area contributed by atoms with Gasteiger partial charge in [-0.05, 0) is 37.5 Å². The van der Waals surface area contributed by atoms with Crippen LogP contribution in [0.1, 0.15) is 37.5 Å². The zero-order valence-electron chi connectivity index (χ0n) is 16.2. The maximum atomic E-state index is 13.8. The summed E-state index contributed by atoms with van der Waals surface area (Å²) < 4.78 is 0. The van der Waals surface area contributed by atoms with E-state index in [-0.39, 0.29) is 11.7 Å². The molecule has 2 aliphatic heterocycles. The average molecular weight is 377 g/mol. The predicted molar refractivity (Wildman–Crippen MR) is 106 cm³/mol. The minimum absolute atomic E-state index is 0.0658. The predicted octanol–water partition coefficient (Wildman–Crippen LogP) is 2.28. The molecule has 2 heterocycles. The Hall–Kier alpha value is -3.15. The van der Waals surface area contributed by atoms with Gasteiger partial charge in [-0.2, -0.15) is 0 Å². The summed E-state index contributed by atoms with van der Waals surface area (Å²) in [6.07, 6.45) is 0.344. The Morgan fingerprint density at radius 2 is 1.75 bits per heavy atom. The first kappa shape index (κ1) is 18.2. The van der Waals surface area contributed by atoms with Crippen LogP contribution >= 0.6 is 0 Å². The van der Waals surface area contributed by atoms with Crippen LogP contribution in [-0.2, 0) is 21.4 Å². The van der Waals surface area contributed by atoms with Gasteiger partial charge in [-0.15, -0.1) is 0 Å². The van der Waals surface area contributed by atoms with Crippen LogP contribution in [0.15, 0.2) is 48.5 Å². The number of para-hydroxylation sites is 1. The fourth-order valence-electron chi connectivity index (χ4n) is 4.73. The summed E-state index contributed by atoms with van der Waals surface area (Å²) in [4.78, 5) is 40.0. The first-order chi connectivity index (χ1) is 13.2. The van der Waals surface area contributed by atoms with Crippen LogP contribution in [0.25, 0.3) is 0 Å². The third kappa shape index (κ3) is 2.30. The van der Waals surface area contributed by atoms with E-state index >= 15 is 0 Å². The minimum Gasteiger partial charge on any atom is -0.352 e. The number of benzene rings is 2. The number of ketones is 1. The molecular weight excluding hydrogens is 354 g/mol. The van der Waals surface area contributed by atoms with Crippen LogP contribution in [-0.4, -0.2) is 29.3 Å². The standard InChI is InChI=1S/C22H23N3O3/c1-21(2)19(27)22(3,14-9-5-4-6-10-14)15-11-7-8-13-12-16(24-20(23)28)18(26)25(21)17(13)15/h4-11,16H,12H2,1-3H3,(H3,23,24,28)/t16-,22?/m1/s1. The molecule has 0 radical (unpaired) electrons. The number of Topliss-reactive ketones (excluding diaryl/α,β-unsaturated/α-hetero) is 1. The zero-order chi connectivity index (χ0) is 20.3. The molecule has 0 aromatic heterocycles. The van der Waals surface area contributed by atoms with E-state index in [0.29, 0.717) is 6.42 Å². The van der Waals surface area contributed by atoms with E-state index in [0.717, 1.165) is 22.4 Å². The van der Waals surface area contributed by atoms with Crippen LogP contribution in [0.2, 0.25) is 0 Å². The van der Waals surface area contributed by atoms with Crippen LogP contribution in [0, 0.1) is 0 Å². The van der Waals surface area contributed by atoms with Gasteiger partial charge >= 0.3 is 6.03 Å². The van der Waals surface area contributed by atoms with Crippen LogP contribution < -0.4 is 16.0 Å². The first-order valence-electron chi connectivity index (χ1n) is 9.32. The number of hydrogen-bond donors (Lipinski definition) is 2. The topological polar surface area (TPSA) is 92.5 Å². The van der Waals surface area contributed by atoms with Crippen molar-refractivity contribution in [3.8, 4) is 0 Å². The first-order valence-corrected chi connectivity index (χ1v) is 9.32. The maximum absolute atomic E-state index is 13.8. The SMILES string of the molecule is CC1(c2ccccc2)C(=O)C(C)(C)N2C(=O)[C@H](NC(N)=O)Cc3cccc1c32. The normalized spacial score (nSPS) is 25.2. The van der Waals surface area contributed by atoms with Gasteiger partial charge in [0.25, 0.3) is 5.91 Å². The average Bonchev–Trinajstić information content (AvgIpc) is 2.66. The summed E-state index contributed by atoms with van der Waals surface area (Å²) in [5.41, 5.74) is 6.69. The number of primary amides is 1. The van der Waals surface area contributed by atoms with Gasteiger partial charge in [-0.25, -0.2) is 4.79 Å². The summed E-state index contributed by atoms with van der Waals surface area (Å²) in [5, 5.41) is 2.52. The van der Waals surface area contributed by atoms with E-state index in [4.69, 9.17) is 5.73 Å². The van der Waals surface area contributed by atoms with Gasteiger partial charge in [-0.1, -0.05) is 48.5 Å². The molecule has 28 heavy (non-hydrogen) atoms. The molecule has 144 valence electrons. The minimum atomic E-state index is -1.08. The molecule has 0 spiro atoms. The van der Waals surface area contributed by atoms with E-state index < -0.39 is 23.0 Å². The van der Waals surface area contributed by atoms with Crippen molar-refractivity contribution in [1.82, 2.24) is 5.32 Å². The summed E-state index contributed by atoms with van der Waals surface area (Å²) in [5.74, 6) is -0.379. The smallest absolute Gasteiger partial charge is 0.312 e. The van der Waals surface area contributed by atoms with Crippen molar-refractivity contribution in [2.75, 3.05) is 4.90 Å². The summed E-state index contributed by atoms with van der Waals surface area (Å²) in [6.45, 7) is 5.46. The molecule has 1 unspecified atom stereocenters. The molecule has 3 N–H and O–H groups in total. The van der Waals surface area contributed by atoms with Crippen molar-refractivity contribution in [2.24, 2.45) is 5.73 Å². The Balaban J connectivity index is 2.00. The number of nitrogens with zero attached hydrogens (tertiary/aromatic N) is 1. The molecule has 0 fully saturated rings. The molecule has 2 aromatic rings. The van der Waals surface area contributed by atoms with E-state index in [9.17, 15) is 14.4 Å². The fourth-order valence-corrected chi connectivity index (χ4v) is 4.73. The molecule has 6 nitrogen and oxygen atoms in total. The molecule has 2 atom stereocenters. The van der Waals surface area contributed by atoms with Gasteiger partial charge in [0.05, 0.1) is 11.1 Å². The number of anilines is 1. The van der Waals surface area contributed by atoms with Crippen molar-refractivity contribution in [3.63, 3.8) is 0 Å². The molecule has 6 heteroatoms. The van der Waals surface area contributed by atoms with Gasteiger partial charge in [0.1, 0.15) is 11.6 Å². The third-order valence-electron chi connectivity index (χ3n) is 6.06. The molecule has 0 bridgehead atoms. The van der Waals surface area contributed by atoms with Gasteiger partial charge in [-0.3, -0.25) is 14.5 Å². The number of urea groups is 1. The van der Waals surface area contributed by atoms with Crippen LogP contribution in [0.5, 0.6) is 0 Å². The number of rotatable bonds is 2. The van der Waals surface area contributed by atoms with Crippen molar-refractivity contribution < 1.29 is 14.4 Å². The second-order valence-electron chi connectivity index (χ2n) is 8.13. The number of nitrogens with one attached hydrogen (secondary N) is 1. The van der Waals surface area contributed by atoms with E-state index in [1.165, 1.54) is 0 Å². The fraction of sp³-hybridized carbons (Fsp3) is 0.318. The maximum Gasteiger partial charge on any atom is 0.312 e. The van der Waals surface area contributed by atoms with E-state index in [2.05, 4.69) is 5.32 Å². The number of hydrogen-bond acceptors (Lipinski definition) is 3. The molecule has 0 saturated heterocycles. The summed E-state index contributed by atoms with van der Waals surface area (Å²) in [6, 6.07) is 13.9. The second kappa shape index (κ2) is 5.92. The van der Waals surface area contributed by atoms with Crippen molar-refractivity contribution in [1.29, 1.82) is 0 Å². The van der Waals surface area contributed by atoms with E-state index in [1.807, 2.05) is 55.5 Å². The quantitative estimate of drug-likeness (QED) is 0.841. The zero-order valence-corrected chi connectivity index (χ0v) is 16.2. The Bertz CT molecular complexity index is 999. The van der Waals surface area contributed by atoms with Crippen molar-refractivity contribution in [2.45, 2.75) is 44.2 Å². The van der Waals surface area contributed by atoms with Gasteiger partial charge in [0.2, 0.25) is 0 Å². The third-order valence-corrected chi connectivity index (χ3v) is 6.06. The van der Waals surface area contributed by atoms with Crippen LogP contribution in [0.4, 0.5) is 10.5 Å². The Kier molecular flexibility index (Phi) is 3.86. The molecule has 3 amide bonds. The largest absolute Gasteiger partial charge is 0.352 e. The number of carbonyl (C=O) groups is 3. The summed E-state index contributed by atoms with van der Waals surface area (Å²) in [7, 11) is 0. The molecule has 0 aliphatic carbocycles. The number of amides is 3. The molecular formula is C22H23N3O3. The van der Waals surface area contributed by atoms with Crippen LogP contribution in [0.3, 0.4) is 0 Å². The molecule has 0 saturated carbocycles. The Morgan fingerprint density at radius 1 is 1.07 bits per heavy atom. The lowest BCUT2D eigenvalue weighted by Gasteiger charge is -2.52. The molecule has 2 aliphatic rings. The summed E-state index contributed by atoms with van der Waals surface area (Å²) >= 11 is 0.